The van der Waals surface area contributed by atoms with Crippen LogP contribution in [0, 0.1) is 0 Å². The highest BCUT2D eigenvalue weighted by molar-refractivity contribution is 6.05. The number of hydrogen-bond donors (Lipinski definition) is 1. The van der Waals surface area contributed by atoms with Crippen molar-refractivity contribution in [3.05, 3.63) is 30.3 Å². The van der Waals surface area contributed by atoms with E-state index in [-0.39, 0.29) is 29.8 Å². The molecule has 0 saturated heterocycles. The van der Waals surface area contributed by atoms with Crippen molar-refractivity contribution in [3.63, 3.8) is 0 Å². The molecule has 0 fully saturated rings. The summed E-state index contributed by atoms with van der Waals surface area (Å²) in [5.41, 5.74) is 0.489. The molecule has 1 N–H and O–H groups in total. The van der Waals surface area contributed by atoms with Crippen LogP contribution in [0.25, 0.3) is 0 Å². The second kappa shape index (κ2) is 6.55. The minimum absolute atomic E-state index is 0.00679. The van der Waals surface area contributed by atoms with Gasteiger partial charge in [-0.25, -0.2) is 0 Å². The number of carbonyl (C=O) groups excluding carboxylic acids is 2. The molecule has 2 amide bonds. The number of amides is 2. The van der Waals surface area contributed by atoms with Crippen molar-refractivity contribution >= 4 is 17.5 Å². The average molecular weight is 276 g/mol. The summed E-state index contributed by atoms with van der Waals surface area (Å²) in [6.45, 7) is 9.56. The molecule has 0 atom stereocenters. The number of hydrogen-bond acceptors (Lipinski definition) is 2. The number of anilines is 1. The summed E-state index contributed by atoms with van der Waals surface area (Å²) in [6, 6.07) is 9.42. The lowest BCUT2D eigenvalue weighted by Crippen LogP contribution is -2.45. The lowest BCUT2D eigenvalue weighted by Gasteiger charge is -2.27. The Kier molecular flexibility index (Phi) is 5.31. The van der Waals surface area contributed by atoms with E-state index in [9.17, 15) is 9.59 Å². The Morgan fingerprint density at radius 2 is 1.70 bits per heavy atom. The van der Waals surface area contributed by atoms with Gasteiger partial charge in [0.1, 0.15) is 6.42 Å². The third-order valence-electron chi connectivity index (χ3n) is 2.65. The van der Waals surface area contributed by atoms with Gasteiger partial charge in [0, 0.05) is 17.3 Å². The van der Waals surface area contributed by atoms with Crippen molar-refractivity contribution in [2.45, 2.75) is 52.6 Å². The van der Waals surface area contributed by atoms with Crippen LogP contribution in [0.1, 0.15) is 41.0 Å². The van der Waals surface area contributed by atoms with Gasteiger partial charge in [0.25, 0.3) is 0 Å². The molecule has 4 nitrogen and oxygen atoms in total. The molecule has 0 aromatic heterocycles. The fraction of sp³-hybridized carbons (Fsp3) is 0.500. The van der Waals surface area contributed by atoms with Crippen LogP contribution in [0.2, 0.25) is 0 Å². The van der Waals surface area contributed by atoms with Crippen LogP contribution in [-0.4, -0.2) is 23.4 Å². The number of nitrogens with zero attached hydrogens (tertiary/aromatic N) is 1. The highest BCUT2D eigenvalue weighted by Gasteiger charge is 2.23. The molecule has 0 bridgehead atoms. The Bertz CT molecular complexity index is 461. The van der Waals surface area contributed by atoms with Gasteiger partial charge >= 0.3 is 0 Å². The predicted octanol–water partition coefficient (Wildman–Crippen LogP) is 2.73. The van der Waals surface area contributed by atoms with E-state index in [2.05, 4.69) is 5.32 Å². The average Bonchev–Trinajstić information content (AvgIpc) is 2.26. The van der Waals surface area contributed by atoms with E-state index >= 15 is 0 Å². The van der Waals surface area contributed by atoms with Crippen LogP contribution in [0.15, 0.2) is 30.3 Å². The minimum atomic E-state index is -0.327. The standard InChI is InChI=1S/C16H24N2O2/c1-12(2)18(13-9-7-6-8-10-13)15(20)11-14(19)17-16(3,4)5/h6-10,12H,11H2,1-5H3,(H,17,19). The van der Waals surface area contributed by atoms with Crippen LogP contribution in [0.5, 0.6) is 0 Å². The van der Waals surface area contributed by atoms with E-state index in [0.29, 0.717) is 0 Å². The van der Waals surface area contributed by atoms with Gasteiger partial charge in [-0.3, -0.25) is 9.59 Å². The zero-order chi connectivity index (χ0) is 15.3. The van der Waals surface area contributed by atoms with Crippen LogP contribution in [0.3, 0.4) is 0 Å². The maximum absolute atomic E-state index is 12.3. The van der Waals surface area contributed by atoms with Crippen molar-refractivity contribution in [2.75, 3.05) is 4.90 Å². The summed E-state index contributed by atoms with van der Waals surface area (Å²) in [4.78, 5) is 25.9. The topological polar surface area (TPSA) is 49.4 Å². The molecule has 0 spiro atoms. The second-order valence-corrected chi connectivity index (χ2v) is 6.17. The maximum atomic E-state index is 12.3. The third kappa shape index (κ3) is 5.03. The molecule has 0 aliphatic rings. The molecule has 0 unspecified atom stereocenters. The number of carbonyl (C=O) groups is 2. The first-order valence-electron chi connectivity index (χ1n) is 6.89. The van der Waals surface area contributed by atoms with Crippen LogP contribution >= 0.6 is 0 Å². The van der Waals surface area contributed by atoms with E-state index in [1.807, 2.05) is 65.0 Å². The van der Waals surface area contributed by atoms with Gasteiger partial charge in [-0.15, -0.1) is 0 Å². The summed E-state index contributed by atoms with van der Waals surface area (Å²) in [6.07, 6.45) is -0.135. The maximum Gasteiger partial charge on any atom is 0.236 e. The summed E-state index contributed by atoms with van der Waals surface area (Å²) >= 11 is 0. The summed E-state index contributed by atoms with van der Waals surface area (Å²) in [5, 5.41) is 2.81. The van der Waals surface area contributed by atoms with Crippen molar-refractivity contribution in [2.24, 2.45) is 0 Å². The van der Waals surface area contributed by atoms with Gasteiger partial charge < -0.3 is 10.2 Å². The molecule has 1 rings (SSSR count). The number of nitrogens with one attached hydrogen (secondary N) is 1. The first-order chi connectivity index (χ1) is 9.20. The minimum Gasteiger partial charge on any atom is -0.351 e. The fourth-order valence-electron chi connectivity index (χ4n) is 2.00. The monoisotopic (exact) mass is 276 g/mol. The van der Waals surface area contributed by atoms with Gasteiger partial charge in [-0.05, 0) is 46.8 Å². The van der Waals surface area contributed by atoms with E-state index in [1.165, 1.54) is 0 Å². The van der Waals surface area contributed by atoms with Gasteiger partial charge in [0.2, 0.25) is 11.8 Å². The lowest BCUT2D eigenvalue weighted by molar-refractivity contribution is -0.128. The van der Waals surface area contributed by atoms with Crippen molar-refractivity contribution in [3.8, 4) is 0 Å². The highest BCUT2D eigenvalue weighted by Crippen LogP contribution is 2.17. The van der Waals surface area contributed by atoms with Gasteiger partial charge in [-0.1, -0.05) is 18.2 Å². The molecule has 4 heteroatoms. The van der Waals surface area contributed by atoms with Crippen molar-refractivity contribution < 1.29 is 9.59 Å². The number of para-hydroxylation sites is 1. The highest BCUT2D eigenvalue weighted by atomic mass is 16.2. The largest absolute Gasteiger partial charge is 0.351 e. The lowest BCUT2D eigenvalue weighted by atomic mass is 10.1. The molecule has 0 aliphatic heterocycles. The normalized spacial score (nSPS) is 11.3. The zero-order valence-corrected chi connectivity index (χ0v) is 12.9. The smallest absolute Gasteiger partial charge is 0.236 e. The molecule has 1 aromatic rings. The Hall–Kier alpha value is -1.84. The number of rotatable bonds is 4. The van der Waals surface area contributed by atoms with Gasteiger partial charge in [-0.2, -0.15) is 0 Å². The van der Waals surface area contributed by atoms with Crippen molar-refractivity contribution in [1.29, 1.82) is 0 Å². The van der Waals surface area contributed by atoms with Crippen LogP contribution in [-0.2, 0) is 9.59 Å². The van der Waals surface area contributed by atoms with E-state index in [4.69, 9.17) is 0 Å². The molecule has 0 saturated carbocycles. The number of benzene rings is 1. The first-order valence-corrected chi connectivity index (χ1v) is 6.89. The van der Waals surface area contributed by atoms with Gasteiger partial charge in [0.05, 0.1) is 0 Å². The third-order valence-corrected chi connectivity index (χ3v) is 2.65. The quantitative estimate of drug-likeness (QED) is 0.860. The zero-order valence-electron chi connectivity index (χ0n) is 12.9. The second-order valence-electron chi connectivity index (χ2n) is 6.17. The predicted molar refractivity (Wildman–Crippen MR) is 81.6 cm³/mol. The summed E-state index contributed by atoms with van der Waals surface area (Å²) in [7, 11) is 0. The SMILES string of the molecule is CC(C)N(C(=O)CC(=O)NC(C)(C)C)c1ccccc1. The van der Waals surface area contributed by atoms with Crippen LogP contribution in [0.4, 0.5) is 5.69 Å². The molecule has 0 heterocycles. The Morgan fingerprint density at radius 1 is 1.15 bits per heavy atom. The van der Waals surface area contributed by atoms with Crippen LogP contribution < -0.4 is 10.2 Å². The first kappa shape index (κ1) is 16.2. The summed E-state index contributed by atoms with van der Waals surface area (Å²) in [5.74, 6) is -0.433. The van der Waals surface area contributed by atoms with Gasteiger partial charge in [0.15, 0.2) is 0 Å². The summed E-state index contributed by atoms with van der Waals surface area (Å²) < 4.78 is 0. The molecule has 20 heavy (non-hydrogen) atoms. The molecular weight excluding hydrogens is 252 g/mol. The van der Waals surface area contributed by atoms with E-state index in [1.54, 1.807) is 4.90 Å². The molecule has 0 aliphatic carbocycles. The van der Waals surface area contributed by atoms with Crippen molar-refractivity contribution in [1.82, 2.24) is 5.32 Å². The van der Waals surface area contributed by atoms with E-state index in [0.717, 1.165) is 5.69 Å². The Balaban J connectivity index is 2.79. The Morgan fingerprint density at radius 3 is 2.15 bits per heavy atom. The fourth-order valence-corrected chi connectivity index (χ4v) is 2.00. The molecule has 0 radical (unpaired) electrons. The molecular formula is C16H24N2O2. The van der Waals surface area contributed by atoms with E-state index < -0.39 is 0 Å². The molecule has 110 valence electrons. The Labute approximate surface area is 121 Å². The molecule has 1 aromatic carbocycles.